The Morgan fingerprint density at radius 3 is 3.17 bits per heavy atom. The van der Waals surface area contributed by atoms with Crippen molar-refractivity contribution < 1.29 is 5.11 Å². The molecule has 0 aliphatic carbocycles. The summed E-state index contributed by atoms with van der Waals surface area (Å²) >= 11 is 0. The monoisotopic (exact) mass is 247 g/mol. The van der Waals surface area contributed by atoms with E-state index < -0.39 is 0 Å². The Kier molecular flexibility index (Phi) is 2.87. The summed E-state index contributed by atoms with van der Waals surface area (Å²) in [6.45, 7) is 3.21. The quantitative estimate of drug-likeness (QED) is 0.862. The molecule has 3 rings (SSSR count). The summed E-state index contributed by atoms with van der Waals surface area (Å²) in [6.07, 6.45) is 4.52. The van der Waals surface area contributed by atoms with Crippen LogP contribution < -0.4 is 4.90 Å². The highest BCUT2D eigenvalue weighted by Gasteiger charge is 2.26. The van der Waals surface area contributed by atoms with Crippen LogP contribution in [0.2, 0.25) is 0 Å². The highest BCUT2D eigenvalue weighted by atomic mass is 16.3. The van der Waals surface area contributed by atoms with Gasteiger partial charge in [0.2, 0.25) is 0 Å². The smallest absolute Gasteiger partial charge is 0.254 e. The second-order valence-corrected chi connectivity index (χ2v) is 4.60. The van der Waals surface area contributed by atoms with Crippen LogP contribution in [-0.2, 0) is 6.42 Å². The van der Waals surface area contributed by atoms with Crippen molar-refractivity contribution in [1.29, 1.82) is 0 Å². The molecule has 0 aromatic carbocycles. The predicted octanol–water partition coefficient (Wildman–Crippen LogP) is 0.648. The van der Waals surface area contributed by atoms with Crippen LogP contribution in [-0.4, -0.2) is 43.9 Å². The van der Waals surface area contributed by atoms with Crippen molar-refractivity contribution in [2.45, 2.75) is 32.2 Å². The van der Waals surface area contributed by atoms with E-state index in [1.807, 2.05) is 0 Å². The molecule has 1 atom stereocenters. The van der Waals surface area contributed by atoms with Crippen LogP contribution in [0.5, 0.6) is 0 Å². The molecule has 2 aromatic rings. The first-order chi connectivity index (χ1) is 8.83. The van der Waals surface area contributed by atoms with E-state index in [4.69, 9.17) is 0 Å². The highest BCUT2D eigenvalue weighted by molar-refractivity contribution is 5.49. The lowest BCUT2D eigenvalue weighted by Gasteiger charge is -2.25. The zero-order chi connectivity index (χ0) is 12.5. The predicted molar refractivity (Wildman–Crippen MR) is 67.6 cm³/mol. The Morgan fingerprint density at radius 2 is 2.39 bits per heavy atom. The Labute approximate surface area is 105 Å². The van der Waals surface area contributed by atoms with Crippen LogP contribution in [0.1, 0.15) is 25.5 Å². The minimum Gasteiger partial charge on any atom is -0.394 e. The lowest BCUT2D eigenvalue weighted by Crippen LogP contribution is -2.33. The van der Waals surface area contributed by atoms with E-state index >= 15 is 0 Å². The van der Waals surface area contributed by atoms with Crippen molar-refractivity contribution in [2.24, 2.45) is 0 Å². The van der Waals surface area contributed by atoms with Crippen LogP contribution in [0.15, 0.2) is 12.4 Å². The molecule has 3 heterocycles. The number of fused-ring (bicyclic) bond motifs is 1. The van der Waals surface area contributed by atoms with E-state index in [2.05, 4.69) is 33.0 Å². The van der Waals surface area contributed by atoms with Gasteiger partial charge in [-0.3, -0.25) is 0 Å². The third-order valence-electron chi connectivity index (χ3n) is 3.53. The second-order valence-electron chi connectivity index (χ2n) is 4.60. The fraction of sp³-hybridized carbons (Fsp3) is 0.583. The van der Waals surface area contributed by atoms with Gasteiger partial charge >= 0.3 is 0 Å². The number of aliphatic hydroxyl groups is 1. The highest BCUT2D eigenvalue weighted by Crippen LogP contribution is 2.25. The number of hydrogen-bond donors (Lipinski definition) is 1. The number of aryl methyl sites for hydroxylation is 1. The van der Waals surface area contributed by atoms with Crippen LogP contribution in [0.3, 0.4) is 0 Å². The van der Waals surface area contributed by atoms with Crippen LogP contribution in [0.25, 0.3) is 5.78 Å². The number of aromatic nitrogens is 4. The van der Waals surface area contributed by atoms with Gasteiger partial charge in [0, 0.05) is 18.3 Å². The number of nitrogens with zero attached hydrogens (tertiary/aromatic N) is 5. The van der Waals surface area contributed by atoms with Gasteiger partial charge in [0.05, 0.1) is 12.6 Å². The third kappa shape index (κ3) is 1.73. The molecule has 6 heteroatoms. The third-order valence-corrected chi connectivity index (χ3v) is 3.53. The van der Waals surface area contributed by atoms with Gasteiger partial charge in [0.15, 0.2) is 0 Å². The molecule has 0 unspecified atom stereocenters. The average molecular weight is 247 g/mol. The van der Waals surface area contributed by atoms with Crippen LogP contribution in [0, 0.1) is 0 Å². The van der Waals surface area contributed by atoms with Crippen molar-refractivity contribution in [3.8, 4) is 0 Å². The van der Waals surface area contributed by atoms with Gasteiger partial charge in [-0.25, -0.2) is 4.98 Å². The maximum absolute atomic E-state index is 9.44. The van der Waals surface area contributed by atoms with Crippen molar-refractivity contribution >= 4 is 11.6 Å². The van der Waals surface area contributed by atoms with Crippen molar-refractivity contribution in [2.75, 3.05) is 18.1 Å². The molecule has 1 aliphatic heterocycles. The largest absolute Gasteiger partial charge is 0.394 e. The minimum atomic E-state index is 0.181. The molecule has 0 amide bonds. The number of aliphatic hydroxyl groups excluding tert-OH is 1. The van der Waals surface area contributed by atoms with E-state index in [1.165, 1.54) is 6.33 Å². The summed E-state index contributed by atoms with van der Waals surface area (Å²) in [6, 6.07) is 2.24. The molecular formula is C12H17N5O. The molecule has 1 fully saturated rings. The van der Waals surface area contributed by atoms with Crippen LogP contribution in [0.4, 0.5) is 5.82 Å². The Balaban J connectivity index is 2.11. The molecule has 18 heavy (non-hydrogen) atoms. The number of anilines is 1. The maximum atomic E-state index is 9.44. The molecule has 6 nitrogen and oxygen atoms in total. The zero-order valence-corrected chi connectivity index (χ0v) is 10.5. The fourth-order valence-corrected chi connectivity index (χ4v) is 2.56. The molecule has 1 saturated heterocycles. The van der Waals surface area contributed by atoms with Gasteiger partial charge in [-0.05, 0) is 19.3 Å². The zero-order valence-electron chi connectivity index (χ0n) is 10.5. The van der Waals surface area contributed by atoms with Gasteiger partial charge in [-0.1, -0.05) is 6.92 Å². The summed E-state index contributed by atoms with van der Waals surface area (Å²) in [4.78, 5) is 10.8. The lowest BCUT2D eigenvalue weighted by atomic mass is 10.2. The molecule has 96 valence electrons. The average Bonchev–Trinajstić information content (AvgIpc) is 3.05. The lowest BCUT2D eigenvalue weighted by molar-refractivity contribution is 0.265. The Bertz CT molecular complexity index is 552. The molecular weight excluding hydrogens is 230 g/mol. The molecule has 0 bridgehead atoms. The number of hydrogen-bond acceptors (Lipinski definition) is 5. The first-order valence-corrected chi connectivity index (χ1v) is 6.40. The molecule has 0 spiro atoms. The van der Waals surface area contributed by atoms with Gasteiger partial charge in [0.1, 0.15) is 12.1 Å². The van der Waals surface area contributed by atoms with Gasteiger partial charge in [-0.15, -0.1) is 0 Å². The minimum absolute atomic E-state index is 0.181. The molecule has 2 aromatic heterocycles. The van der Waals surface area contributed by atoms with Crippen LogP contribution >= 0.6 is 0 Å². The van der Waals surface area contributed by atoms with E-state index in [1.54, 1.807) is 4.52 Å². The first kappa shape index (κ1) is 11.4. The van der Waals surface area contributed by atoms with E-state index in [9.17, 15) is 5.11 Å². The molecule has 0 radical (unpaired) electrons. The van der Waals surface area contributed by atoms with Crippen molar-refractivity contribution in [3.05, 3.63) is 18.1 Å². The Morgan fingerprint density at radius 1 is 1.50 bits per heavy atom. The summed E-state index contributed by atoms with van der Waals surface area (Å²) in [5.74, 6) is 1.62. The SMILES string of the molecule is CCc1cc(N2CCC[C@@H]2CO)n2ncnc2n1. The van der Waals surface area contributed by atoms with E-state index in [-0.39, 0.29) is 12.6 Å². The number of rotatable bonds is 3. The normalized spacial score (nSPS) is 19.9. The first-order valence-electron chi connectivity index (χ1n) is 6.40. The Hall–Kier alpha value is -1.69. The molecule has 0 saturated carbocycles. The molecule has 1 N–H and O–H groups in total. The topological polar surface area (TPSA) is 66.5 Å². The second kappa shape index (κ2) is 4.53. The van der Waals surface area contributed by atoms with Gasteiger partial charge < -0.3 is 10.0 Å². The van der Waals surface area contributed by atoms with E-state index in [0.29, 0.717) is 5.78 Å². The molecule has 1 aliphatic rings. The fourth-order valence-electron chi connectivity index (χ4n) is 2.56. The van der Waals surface area contributed by atoms with E-state index in [0.717, 1.165) is 37.3 Å². The van der Waals surface area contributed by atoms with Crippen molar-refractivity contribution in [1.82, 2.24) is 19.6 Å². The van der Waals surface area contributed by atoms with Gasteiger partial charge in [-0.2, -0.15) is 14.6 Å². The maximum Gasteiger partial charge on any atom is 0.254 e. The summed E-state index contributed by atoms with van der Waals surface area (Å²) in [5, 5.41) is 13.7. The summed E-state index contributed by atoms with van der Waals surface area (Å²) in [7, 11) is 0. The van der Waals surface area contributed by atoms with Gasteiger partial charge in [0.25, 0.3) is 5.78 Å². The van der Waals surface area contributed by atoms with Crippen molar-refractivity contribution in [3.63, 3.8) is 0 Å². The standard InChI is InChI=1S/C12H17N5O/c1-2-9-6-11(16-5-3-4-10(16)7-18)17-12(15-9)13-8-14-17/h6,8,10,18H,2-5,7H2,1H3/t10-/m1/s1. The summed E-state index contributed by atoms with van der Waals surface area (Å²) < 4.78 is 1.76. The summed E-state index contributed by atoms with van der Waals surface area (Å²) in [5.41, 5.74) is 1.01.